The second-order valence-electron chi connectivity index (χ2n) is 14.2. The SMILES string of the molecule is Cc1c(Nc2ccc(S(=O)(=O)N3CCN(CCCCCCCCCCCCC(=O)O)CC3)cc2F)nc2ccc(-c3cnn(C4CC4)c3)cn2c1=O. The van der Waals surface area contributed by atoms with Crippen molar-refractivity contribution in [1.29, 1.82) is 0 Å². The molecule has 2 N–H and O–H groups in total. The number of rotatable bonds is 19. The molecule has 0 bridgehead atoms. The number of nitrogens with zero attached hydrogens (tertiary/aromatic N) is 6. The van der Waals surface area contributed by atoms with Gasteiger partial charge in [0.1, 0.15) is 17.3 Å². The van der Waals surface area contributed by atoms with Crippen LogP contribution in [0.15, 0.2) is 58.6 Å². The van der Waals surface area contributed by atoms with Gasteiger partial charge < -0.3 is 15.3 Å². The Morgan fingerprint density at radius 1 is 0.904 bits per heavy atom. The van der Waals surface area contributed by atoms with Crippen molar-refractivity contribution in [2.45, 2.75) is 101 Å². The Bertz CT molecular complexity index is 2020. The van der Waals surface area contributed by atoms with Gasteiger partial charge in [-0.15, -0.1) is 0 Å². The van der Waals surface area contributed by atoms with Crippen LogP contribution in [0.1, 0.15) is 95.1 Å². The van der Waals surface area contributed by atoms with Gasteiger partial charge in [-0.2, -0.15) is 9.40 Å². The number of carboxylic acids is 1. The van der Waals surface area contributed by atoms with Crippen molar-refractivity contribution in [2.75, 3.05) is 38.0 Å². The minimum Gasteiger partial charge on any atom is -0.481 e. The van der Waals surface area contributed by atoms with E-state index in [9.17, 15) is 18.0 Å². The average Bonchev–Trinajstić information content (AvgIpc) is 3.87. The molecule has 2 aliphatic rings. The molecule has 280 valence electrons. The first-order valence-corrected chi connectivity index (χ1v) is 20.1. The number of aliphatic carboxylic acids is 1. The van der Waals surface area contributed by atoms with E-state index >= 15 is 4.39 Å². The maximum atomic E-state index is 15.4. The molecule has 12 nitrogen and oxygen atoms in total. The Balaban J connectivity index is 0.963. The summed E-state index contributed by atoms with van der Waals surface area (Å²) in [5.74, 6) is -1.26. The number of piperazine rings is 1. The Kier molecular flexibility index (Phi) is 12.4. The van der Waals surface area contributed by atoms with Crippen molar-refractivity contribution in [1.82, 2.24) is 28.4 Å². The number of carboxylic acid groups (broad SMARTS) is 1. The normalized spacial score (nSPS) is 15.7. The first kappa shape index (κ1) is 37.6. The van der Waals surface area contributed by atoms with Crippen LogP contribution in [0.4, 0.5) is 15.9 Å². The standard InChI is InChI=1S/C38H50FN7O5S/c1-28-37(42-35-18-13-29(26-45(35)38(28)49)30-25-40-46(27-30)31-14-15-31)41-34-17-16-32(24-33(34)39)52(50,51)44-22-20-43(21-23-44)19-11-9-7-5-3-2-4-6-8-10-12-36(47)48/h13,16-18,24-27,31,41H,2-12,14-15,19-23H2,1H3,(H,47,48). The van der Waals surface area contributed by atoms with Gasteiger partial charge in [0.2, 0.25) is 10.0 Å². The number of unbranched alkanes of at least 4 members (excludes halogenated alkanes) is 9. The summed E-state index contributed by atoms with van der Waals surface area (Å²) >= 11 is 0. The Hall–Kier alpha value is -4.14. The van der Waals surface area contributed by atoms with Gasteiger partial charge in [0.05, 0.1) is 28.4 Å². The van der Waals surface area contributed by atoms with Crippen molar-refractivity contribution < 1.29 is 22.7 Å². The molecule has 14 heteroatoms. The van der Waals surface area contributed by atoms with E-state index in [0.29, 0.717) is 43.4 Å². The number of sulfonamides is 1. The minimum atomic E-state index is -3.88. The van der Waals surface area contributed by atoms with E-state index in [1.165, 1.54) is 52.9 Å². The molecular formula is C38H50FN7O5S. The van der Waals surface area contributed by atoms with Crippen LogP contribution in [0.5, 0.6) is 0 Å². The maximum Gasteiger partial charge on any atom is 0.303 e. The highest BCUT2D eigenvalue weighted by molar-refractivity contribution is 7.89. The average molecular weight is 736 g/mol. The highest BCUT2D eigenvalue weighted by atomic mass is 32.2. The molecule has 1 saturated heterocycles. The number of nitrogens with one attached hydrogen (secondary N) is 1. The molecule has 0 amide bonds. The lowest BCUT2D eigenvalue weighted by molar-refractivity contribution is -0.137. The number of pyridine rings is 1. The molecule has 4 aromatic rings. The van der Waals surface area contributed by atoms with Crippen molar-refractivity contribution in [3.05, 3.63) is 70.7 Å². The summed E-state index contributed by atoms with van der Waals surface area (Å²) in [6, 6.07) is 7.87. The third-order valence-corrected chi connectivity index (χ3v) is 12.1. The highest BCUT2D eigenvalue weighted by Crippen LogP contribution is 2.35. The van der Waals surface area contributed by atoms with Crippen LogP contribution in [-0.2, 0) is 14.8 Å². The lowest BCUT2D eigenvalue weighted by Crippen LogP contribution is -2.48. The lowest BCUT2D eigenvalue weighted by Gasteiger charge is -2.34. The van der Waals surface area contributed by atoms with E-state index < -0.39 is 21.8 Å². The molecule has 1 aromatic carbocycles. The summed E-state index contributed by atoms with van der Waals surface area (Å²) in [6.45, 7) is 4.54. The Labute approximate surface area is 304 Å². The van der Waals surface area contributed by atoms with E-state index in [-0.39, 0.29) is 28.4 Å². The maximum absolute atomic E-state index is 15.4. The zero-order valence-corrected chi connectivity index (χ0v) is 30.8. The first-order chi connectivity index (χ1) is 25.1. The second kappa shape index (κ2) is 17.1. The highest BCUT2D eigenvalue weighted by Gasteiger charge is 2.29. The van der Waals surface area contributed by atoms with Crippen LogP contribution >= 0.6 is 0 Å². The number of hydrogen-bond donors (Lipinski definition) is 2. The van der Waals surface area contributed by atoms with Gasteiger partial charge in [0.25, 0.3) is 5.56 Å². The number of fused-ring (bicyclic) bond motifs is 1. The number of anilines is 2. The van der Waals surface area contributed by atoms with Gasteiger partial charge in [0, 0.05) is 56.1 Å². The summed E-state index contributed by atoms with van der Waals surface area (Å²) in [5.41, 5.74) is 2.18. The summed E-state index contributed by atoms with van der Waals surface area (Å²) in [4.78, 5) is 30.7. The van der Waals surface area contributed by atoms with Crippen molar-refractivity contribution in [3.63, 3.8) is 0 Å². The fourth-order valence-corrected chi connectivity index (χ4v) is 8.23. The Morgan fingerprint density at radius 2 is 1.58 bits per heavy atom. The molecule has 1 aliphatic carbocycles. The van der Waals surface area contributed by atoms with E-state index in [1.54, 1.807) is 25.4 Å². The summed E-state index contributed by atoms with van der Waals surface area (Å²) in [6.07, 6.45) is 19.1. The predicted molar refractivity (Wildman–Crippen MR) is 199 cm³/mol. The van der Waals surface area contributed by atoms with E-state index in [1.807, 2.05) is 16.9 Å². The molecule has 1 saturated carbocycles. The van der Waals surface area contributed by atoms with Crippen LogP contribution in [0.25, 0.3) is 16.8 Å². The number of aromatic nitrogens is 4. The van der Waals surface area contributed by atoms with E-state index in [0.717, 1.165) is 68.7 Å². The molecule has 0 spiro atoms. The third-order valence-electron chi connectivity index (χ3n) is 10.2. The van der Waals surface area contributed by atoms with E-state index in [2.05, 4.69) is 20.3 Å². The molecule has 2 fully saturated rings. The van der Waals surface area contributed by atoms with Gasteiger partial charge in [-0.05, 0) is 69.5 Å². The molecule has 6 rings (SSSR count). The van der Waals surface area contributed by atoms with Gasteiger partial charge >= 0.3 is 5.97 Å². The quantitative estimate of drug-likeness (QED) is 0.0999. The van der Waals surface area contributed by atoms with Crippen LogP contribution in [0.3, 0.4) is 0 Å². The first-order valence-electron chi connectivity index (χ1n) is 18.7. The molecule has 3 aromatic heterocycles. The van der Waals surface area contributed by atoms with Gasteiger partial charge in [0.15, 0.2) is 0 Å². The third kappa shape index (κ3) is 9.44. The largest absolute Gasteiger partial charge is 0.481 e. The molecule has 4 heterocycles. The smallest absolute Gasteiger partial charge is 0.303 e. The van der Waals surface area contributed by atoms with Gasteiger partial charge in [-0.25, -0.2) is 17.8 Å². The van der Waals surface area contributed by atoms with E-state index in [4.69, 9.17) is 5.11 Å². The molecule has 52 heavy (non-hydrogen) atoms. The number of hydrogen-bond acceptors (Lipinski definition) is 8. The number of benzene rings is 1. The number of halogens is 1. The summed E-state index contributed by atoms with van der Waals surface area (Å²) in [5, 5.41) is 16.0. The molecule has 0 unspecified atom stereocenters. The molecule has 1 aliphatic heterocycles. The van der Waals surface area contributed by atoms with Crippen molar-refractivity contribution in [3.8, 4) is 11.1 Å². The zero-order chi connectivity index (χ0) is 36.7. The molecule has 0 atom stereocenters. The van der Waals surface area contributed by atoms with Crippen molar-refractivity contribution in [2.24, 2.45) is 0 Å². The zero-order valence-electron chi connectivity index (χ0n) is 30.0. The topological polar surface area (TPSA) is 142 Å². The van der Waals surface area contributed by atoms with Gasteiger partial charge in [-0.3, -0.25) is 18.7 Å². The second-order valence-corrected chi connectivity index (χ2v) is 16.1. The lowest BCUT2D eigenvalue weighted by atomic mass is 10.1. The fraction of sp³-hybridized carbons (Fsp3) is 0.526. The number of carbonyl (C=O) groups is 1. The molecular weight excluding hydrogens is 686 g/mol. The summed E-state index contributed by atoms with van der Waals surface area (Å²) < 4.78 is 47.2. The monoisotopic (exact) mass is 735 g/mol. The van der Waals surface area contributed by atoms with Crippen molar-refractivity contribution >= 4 is 33.1 Å². The molecule has 0 radical (unpaired) electrons. The van der Waals surface area contributed by atoms with Crippen LogP contribution in [0, 0.1) is 12.7 Å². The van der Waals surface area contributed by atoms with Crippen LogP contribution in [0.2, 0.25) is 0 Å². The minimum absolute atomic E-state index is 0.0280. The summed E-state index contributed by atoms with van der Waals surface area (Å²) in [7, 11) is -3.88. The van der Waals surface area contributed by atoms with Gasteiger partial charge in [-0.1, -0.05) is 51.4 Å². The van der Waals surface area contributed by atoms with Crippen LogP contribution in [-0.4, -0.2) is 80.6 Å². The fourth-order valence-electron chi connectivity index (χ4n) is 6.80. The Morgan fingerprint density at radius 3 is 2.23 bits per heavy atom. The van der Waals surface area contributed by atoms with Crippen LogP contribution < -0.4 is 10.9 Å². The predicted octanol–water partition coefficient (Wildman–Crippen LogP) is 6.77.